The number of rotatable bonds is 6. The second-order valence-electron chi connectivity index (χ2n) is 7.50. The molecular weight excluding hydrogens is 392 g/mol. The van der Waals surface area contributed by atoms with Crippen molar-refractivity contribution in [2.24, 2.45) is 10.6 Å². The molecule has 8 nitrogen and oxygen atoms in total. The molecule has 1 aliphatic carbocycles. The summed E-state index contributed by atoms with van der Waals surface area (Å²) in [5.41, 5.74) is 0.688. The lowest BCUT2D eigenvalue weighted by Crippen LogP contribution is -2.68. The zero-order valence-electron chi connectivity index (χ0n) is 15.3. The van der Waals surface area contributed by atoms with Gasteiger partial charge in [-0.3, -0.25) is 0 Å². The summed E-state index contributed by atoms with van der Waals surface area (Å²) < 4.78 is 54.7. The number of benzene rings is 1. The van der Waals surface area contributed by atoms with Crippen molar-refractivity contribution in [3.05, 3.63) is 24.5 Å². The Bertz CT molecular complexity index is 989. The number of alkyl halides is 2. The lowest BCUT2D eigenvalue weighted by Gasteiger charge is -2.60. The van der Waals surface area contributed by atoms with Crippen LogP contribution in [0.5, 0.6) is 5.75 Å². The van der Waals surface area contributed by atoms with Gasteiger partial charge in [0.25, 0.3) is 16.6 Å². The van der Waals surface area contributed by atoms with Gasteiger partial charge < -0.3 is 9.64 Å². The highest BCUT2D eigenvalue weighted by Crippen LogP contribution is 2.52. The third-order valence-electron chi connectivity index (χ3n) is 5.56. The van der Waals surface area contributed by atoms with Crippen LogP contribution >= 0.6 is 0 Å². The summed E-state index contributed by atoms with van der Waals surface area (Å²) in [5.74, 6) is 1.51. The fourth-order valence-electron chi connectivity index (χ4n) is 4.31. The van der Waals surface area contributed by atoms with Crippen molar-refractivity contribution in [2.75, 3.05) is 31.6 Å². The second-order valence-corrected chi connectivity index (χ2v) is 9.00. The minimum Gasteiger partial charge on any atom is -0.497 e. The Morgan fingerprint density at radius 3 is 2.68 bits per heavy atom. The lowest BCUT2D eigenvalue weighted by molar-refractivity contribution is -0.00435. The molecule has 0 unspecified atom stereocenters. The van der Waals surface area contributed by atoms with Crippen LogP contribution in [0.2, 0.25) is 0 Å². The first kappa shape index (κ1) is 19.2. The number of nitrogens with two attached hydrogens (primary N) is 1. The SMILES string of the molecule is COc1ccc2c(N3CC4(CC(N(CC(F)F)S(N)(=O)=O)C4)C3)ncnc2c1. The summed E-state index contributed by atoms with van der Waals surface area (Å²) in [6.07, 6.45) is -0.221. The molecule has 4 rings (SSSR count). The Balaban J connectivity index is 1.45. The Kier molecular flexibility index (Phi) is 4.63. The van der Waals surface area contributed by atoms with Crippen molar-refractivity contribution in [2.45, 2.75) is 25.3 Å². The van der Waals surface area contributed by atoms with E-state index in [1.165, 1.54) is 6.33 Å². The summed E-state index contributed by atoms with van der Waals surface area (Å²) in [4.78, 5) is 10.8. The van der Waals surface area contributed by atoms with Crippen molar-refractivity contribution in [3.8, 4) is 5.75 Å². The maximum absolute atomic E-state index is 12.7. The number of ether oxygens (including phenoxy) is 1. The van der Waals surface area contributed by atoms with Crippen LogP contribution in [-0.4, -0.2) is 61.9 Å². The lowest BCUT2D eigenvalue weighted by atomic mass is 9.60. The average Bonchev–Trinajstić information content (AvgIpc) is 2.56. The Labute approximate surface area is 161 Å². The molecule has 2 aliphatic rings. The van der Waals surface area contributed by atoms with E-state index in [-0.39, 0.29) is 5.41 Å². The van der Waals surface area contributed by atoms with Crippen molar-refractivity contribution >= 4 is 26.9 Å². The van der Waals surface area contributed by atoms with Crippen LogP contribution in [-0.2, 0) is 10.2 Å². The first-order chi connectivity index (χ1) is 13.2. The van der Waals surface area contributed by atoms with Crippen molar-refractivity contribution in [1.82, 2.24) is 14.3 Å². The van der Waals surface area contributed by atoms with E-state index in [1.54, 1.807) is 7.11 Å². The summed E-state index contributed by atoms with van der Waals surface area (Å²) in [6, 6.07) is 5.11. The monoisotopic (exact) mass is 413 g/mol. The predicted octanol–water partition coefficient (Wildman–Crippen LogP) is 1.38. The van der Waals surface area contributed by atoms with E-state index >= 15 is 0 Å². The molecule has 0 bridgehead atoms. The molecule has 1 aromatic heterocycles. The van der Waals surface area contributed by atoms with E-state index in [9.17, 15) is 17.2 Å². The molecule has 0 amide bonds. The maximum atomic E-state index is 12.7. The van der Waals surface area contributed by atoms with Crippen LogP contribution in [0.3, 0.4) is 0 Å². The van der Waals surface area contributed by atoms with Crippen molar-refractivity contribution < 1.29 is 21.9 Å². The molecule has 0 radical (unpaired) electrons. The first-order valence-corrected chi connectivity index (χ1v) is 10.3. The number of anilines is 1. The van der Waals surface area contributed by atoms with E-state index in [4.69, 9.17) is 9.88 Å². The largest absolute Gasteiger partial charge is 0.497 e. The van der Waals surface area contributed by atoms with E-state index in [0.29, 0.717) is 31.7 Å². The van der Waals surface area contributed by atoms with Crippen LogP contribution in [0.1, 0.15) is 12.8 Å². The van der Waals surface area contributed by atoms with Gasteiger partial charge >= 0.3 is 0 Å². The summed E-state index contributed by atoms with van der Waals surface area (Å²) in [6.45, 7) is 0.519. The molecule has 28 heavy (non-hydrogen) atoms. The van der Waals surface area contributed by atoms with Crippen LogP contribution in [0, 0.1) is 5.41 Å². The minimum absolute atomic E-state index is 0.0839. The van der Waals surface area contributed by atoms with E-state index < -0.39 is 29.2 Å². The topological polar surface area (TPSA) is 102 Å². The van der Waals surface area contributed by atoms with Gasteiger partial charge in [0.2, 0.25) is 0 Å². The highest BCUT2D eigenvalue weighted by atomic mass is 32.2. The molecule has 1 saturated carbocycles. The van der Waals surface area contributed by atoms with E-state index in [1.807, 2.05) is 18.2 Å². The van der Waals surface area contributed by atoms with E-state index in [2.05, 4.69) is 14.9 Å². The molecule has 1 aliphatic heterocycles. The number of halogens is 2. The second kappa shape index (κ2) is 6.75. The molecule has 1 saturated heterocycles. The van der Waals surface area contributed by atoms with Crippen LogP contribution in [0.25, 0.3) is 10.9 Å². The number of methoxy groups -OCH3 is 1. The Hall–Kier alpha value is -2.11. The highest BCUT2D eigenvalue weighted by Gasteiger charge is 2.56. The maximum Gasteiger partial charge on any atom is 0.277 e. The summed E-state index contributed by atoms with van der Waals surface area (Å²) in [5, 5.41) is 6.02. The van der Waals surface area contributed by atoms with Crippen LogP contribution in [0.4, 0.5) is 14.6 Å². The quantitative estimate of drug-likeness (QED) is 0.768. The highest BCUT2D eigenvalue weighted by molar-refractivity contribution is 7.86. The fraction of sp³-hybridized carbons (Fsp3) is 0.529. The standard InChI is InChI=1S/C17H21F2N5O3S/c1-27-12-2-3-13-14(4-12)21-10-22-16(13)23-8-17(9-23)5-11(6-17)24(7-15(18)19)28(20,25)26/h2-4,10-11,15H,5-9H2,1H3,(H2,20,25,26). The first-order valence-electron chi connectivity index (χ1n) is 8.82. The van der Waals surface area contributed by atoms with Gasteiger partial charge in [-0.25, -0.2) is 23.9 Å². The summed E-state index contributed by atoms with van der Waals surface area (Å²) >= 11 is 0. The van der Waals surface area contributed by atoms with Gasteiger partial charge in [-0.05, 0) is 25.0 Å². The van der Waals surface area contributed by atoms with Gasteiger partial charge in [0.1, 0.15) is 17.9 Å². The van der Waals surface area contributed by atoms with Gasteiger partial charge in [-0.15, -0.1) is 0 Å². The molecule has 1 aromatic carbocycles. The smallest absolute Gasteiger partial charge is 0.277 e. The fourth-order valence-corrected chi connectivity index (χ4v) is 5.20. The molecule has 0 atom stereocenters. The molecule has 2 fully saturated rings. The molecule has 2 N–H and O–H groups in total. The third kappa shape index (κ3) is 3.38. The Morgan fingerprint density at radius 1 is 1.36 bits per heavy atom. The summed E-state index contributed by atoms with van der Waals surface area (Å²) in [7, 11) is -2.56. The zero-order valence-corrected chi connectivity index (χ0v) is 16.1. The minimum atomic E-state index is -4.15. The molecule has 11 heteroatoms. The Morgan fingerprint density at radius 2 is 2.07 bits per heavy atom. The van der Waals surface area contributed by atoms with Crippen LogP contribution < -0.4 is 14.8 Å². The number of aromatic nitrogens is 2. The van der Waals surface area contributed by atoms with Gasteiger partial charge in [-0.1, -0.05) is 0 Å². The number of hydrogen-bond donors (Lipinski definition) is 1. The number of fused-ring (bicyclic) bond motifs is 1. The van der Waals surface area contributed by atoms with Crippen molar-refractivity contribution in [1.29, 1.82) is 0 Å². The molecule has 1 spiro atoms. The van der Waals surface area contributed by atoms with Gasteiger partial charge in [-0.2, -0.15) is 12.7 Å². The molecule has 152 valence electrons. The van der Waals surface area contributed by atoms with Gasteiger partial charge in [0.15, 0.2) is 0 Å². The molecular formula is C17H21F2N5O3S. The van der Waals surface area contributed by atoms with Gasteiger partial charge in [0, 0.05) is 36.0 Å². The number of nitrogens with zero attached hydrogens (tertiary/aromatic N) is 4. The predicted molar refractivity (Wildman–Crippen MR) is 99.6 cm³/mol. The third-order valence-corrected chi connectivity index (χ3v) is 6.67. The average molecular weight is 413 g/mol. The van der Waals surface area contributed by atoms with Crippen molar-refractivity contribution in [3.63, 3.8) is 0 Å². The molecule has 2 aromatic rings. The van der Waals surface area contributed by atoms with E-state index in [0.717, 1.165) is 21.0 Å². The van der Waals surface area contributed by atoms with Crippen LogP contribution in [0.15, 0.2) is 24.5 Å². The zero-order chi connectivity index (χ0) is 20.1. The normalized spacial score (nSPS) is 19.3. The number of hydrogen-bond acceptors (Lipinski definition) is 6. The van der Waals surface area contributed by atoms with Gasteiger partial charge in [0.05, 0.1) is 19.2 Å². The molecule has 2 heterocycles.